The highest BCUT2D eigenvalue weighted by Crippen LogP contribution is 2.35. The number of nitro benzene ring substituents is 1. The van der Waals surface area contributed by atoms with E-state index in [4.69, 9.17) is 9.47 Å². The van der Waals surface area contributed by atoms with E-state index in [0.717, 1.165) is 9.13 Å². The fraction of sp³-hybridized carbons (Fsp3) is 0.167. The minimum absolute atomic E-state index is 0.0574. The van der Waals surface area contributed by atoms with Crippen LogP contribution >= 0.6 is 22.6 Å². The summed E-state index contributed by atoms with van der Waals surface area (Å²) in [6.45, 7) is 2.36. The van der Waals surface area contributed by atoms with Crippen molar-refractivity contribution < 1.29 is 14.4 Å². The van der Waals surface area contributed by atoms with Crippen LogP contribution in [-0.4, -0.2) is 18.6 Å². The van der Waals surface area contributed by atoms with E-state index < -0.39 is 4.92 Å². The number of nitriles is 1. The van der Waals surface area contributed by atoms with Crippen LogP contribution in [-0.2, 0) is 0 Å². The summed E-state index contributed by atoms with van der Waals surface area (Å²) in [6.07, 6.45) is 1.67. The van der Waals surface area contributed by atoms with Gasteiger partial charge in [0.15, 0.2) is 11.5 Å². The summed E-state index contributed by atoms with van der Waals surface area (Å²) in [6, 6.07) is 11.7. The summed E-state index contributed by atoms with van der Waals surface area (Å²) in [5.74, 6) is 1.22. The van der Waals surface area contributed by atoms with Gasteiger partial charge in [0, 0.05) is 12.1 Å². The smallest absolute Gasteiger partial charge is 0.270 e. The van der Waals surface area contributed by atoms with E-state index in [-0.39, 0.29) is 5.69 Å². The van der Waals surface area contributed by atoms with Crippen LogP contribution in [0.5, 0.6) is 11.5 Å². The Morgan fingerprint density at radius 2 is 2.16 bits per heavy atom. The highest BCUT2D eigenvalue weighted by atomic mass is 127. The maximum absolute atomic E-state index is 10.9. The van der Waals surface area contributed by atoms with Gasteiger partial charge in [0.05, 0.1) is 33.9 Å². The lowest BCUT2D eigenvalue weighted by molar-refractivity contribution is -0.384. The molecule has 6 nitrogen and oxygen atoms in total. The van der Waals surface area contributed by atoms with Crippen molar-refractivity contribution in [3.05, 3.63) is 61.2 Å². The minimum atomic E-state index is -0.484. The van der Waals surface area contributed by atoms with Gasteiger partial charge in [0.2, 0.25) is 0 Å². The van der Waals surface area contributed by atoms with Crippen molar-refractivity contribution in [2.75, 3.05) is 13.7 Å². The second-order valence-electron chi connectivity index (χ2n) is 4.94. The summed E-state index contributed by atoms with van der Waals surface area (Å²) in [7, 11) is 1.57. The number of rotatable bonds is 6. The lowest BCUT2D eigenvalue weighted by Crippen LogP contribution is -1.98. The van der Waals surface area contributed by atoms with Gasteiger partial charge in [0.25, 0.3) is 5.69 Å². The van der Waals surface area contributed by atoms with Crippen LogP contribution in [0.25, 0.3) is 11.6 Å². The Labute approximate surface area is 159 Å². The first-order valence-electron chi connectivity index (χ1n) is 7.37. The Morgan fingerprint density at radius 1 is 1.40 bits per heavy atom. The Hall–Kier alpha value is -2.60. The van der Waals surface area contributed by atoms with E-state index in [2.05, 4.69) is 28.7 Å². The molecule has 0 radical (unpaired) electrons. The number of hydrogen-bond donors (Lipinski definition) is 0. The third-order valence-electron chi connectivity index (χ3n) is 3.34. The number of allylic oxidation sites excluding steroid dienone is 1. The van der Waals surface area contributed by atoms with E-state index in [1.807, 2.05) is 13.0 Å². The molecule has 25 heavy (non-hydrogen) atoms. The van der Waals surface area contributed by atoms with Gasteiger partial charge in [-0.25, -0.2) is 0 Å². The van der Waals surface area contributed by atoms with E-state index in [0.29, 0.717) is 29.2 Å². The van der Waals surface area contributed by atoms with Crippen molar-refractivity contribution in [3.8, 4) is 17.6 Å². The van der Waals surface area contributed by atoms with E-state index in [1.165, 1.54) is 12.1 Å². The van der Waals surface area contributed by atoms with Gasteiger partial charge in [0.1, 0.15) is 0 Å². The molecule has 0 heterocycles. The largest absolute Gasteiger partial charge is 0.492 e. The summed E-state index contributed by atoms with van der Waals surface area (Å²) in [4.78, 5) is 10.4. The molecule has 2 aromatic carbocycles. The van der Waals surface area contributed by atoms with Crippen molar-refractivity contribution in [2.45, 2.75) is 6.92 Å². The first kappa shape index (κ1) is 18.7. The molecule has 2 aromatic rings. The second kappa shape index (κ2) is 8.48. The first-order valence-corrected chi connectivity index (χ1v) is 8.45. The Bertz CT molecular complexity index is 872. The van der Waals surface area contributed by atoms with Crippen LogP contribution in [0.4, 0.5) is 5.69 Å². The molecule has 0 N–H and O–H groups in total. The zero-order valence-corrected chi connectivity index (χ0v) is 15.8. The Balaban J connectivity index is 2.51. The molecule has 7 heteroatoms. The number of ether oxygens (including phenoxy) is 2. The third kappa shape index (κ3) is 4.48. The number of halogens is 1. The molecule has 0 bridgehead atoms. The average molecular weight is 450 g/mol. The fourth-order valence-corrected chi connectivity index (χ4v) is 3.11. The number of benzene rings is 2. The van der Waals surface area contributed by atoms with Crippen LogP contribution in [0, 0.1) is 25.0 Å². The molecule has 0 saturated heterocycles. The van der Waals surface area contributed by atoms with E-state index in [9.17, 15) is 15.4 Å². The van der Waals surface area contributed by atoms with Gasteiger partial charge < -0.3 is 9.47 Å². The van der Waals surface area contributed by atoms with Crippen molar-refractivity contribution in [1.29, 1.82) is 5.26 Å². The van der Waals surface area contributed by atoms with Gasteiger partial charge >= 0.3 is 0 Å². The van der Waals surface area contributed by atoms with Gasteiger partial charge in [-0.15, -0.1) is 0 Å². The monoisotopic (exact) mass is 450 g/mol. The molecule has 128 valence electrons. The van der Waals surface area contributed by atoms with Crippen LogP contribution in [0.2, 0.25) is 0 Å². The summed E-state index contributed by atoms with van der Waals surface area (Å²) < 4.78 is 11.8. The lowest BCUT2D eigenvalue weighted by Gasteiger charge is -2.12. The van der Waals surface area contributed by atoms with Gasteiger partial charge in [-0.3, -0.25) is 10.1 Å². The molecular formula is C18H15IN2O4. The van der Waals surface area contributed by atoms with Crippen LogP contribution in [0.15, 0.2) is 36.4 Å². The Morgan fingerprint density at radius 3 is 2.76 bits per heavy atom. The molecule has 0 saturated carbocycles. The number of hydrogen-bond acceptors (Lipinski definition) is 5. The summed E-state index contributed by atoms with van der Waals surface area (Å²) in [5.41, 5.74) is 1.50. The SMILES string of the molecule is CCOc1cc(C=C(C#N)c2cccc([N+](=O)[O-])c2)cc(I)c1OC. The minimum Gasteiger partial charge on any atom is -0.492 e. The molecule has 0 spiro atoms. The van der Waals surface area contributed by atoms with Gasteiger partial charge in [-0.1, -0.05) is 12.1 Å². The van der Waals surface area contributed by atoms with Crippen LogP contribution in [0.3, 0.4) is 0 Å². The van der Waals surface area contributed by atoms with E-state index in [1.54, 1.807) is 31.4 Å². The molecule has 0 unspecified atom stereocenters. The molecule has 0 aliphatic heterocycles. The molecule has 0 amide bonds. The topological polar surface area (TPSA) is 85.4 Å². The van der Waals surface area contributed by atoms with Gasteiger partial charge in [-0.2, -0.15) is 5.26 Å². The molecule has 2 rings (SSSR count). The zero-order valence-electron chi connectivity index (χ0n) is 13.7. The van der Waals surface area contributed by atoms with E-state index >= 15 is 0 Å². The fourth-order valence-electron chi connectivity index (χ4n) is 2.27. The molecule has 0 aromatic heterocycles. The van der Waals surface area contributed by atoms with Crippen molar-refractivity contribution in [3.63, 3.8) is 0 Å². The highest BCUT2D eigenvalue weighted by Gasteiger charge is 2.12. The maximum atomic E-state index is 10.9. The molecule has 0 aliphatic rings. The molecule has 0 fully saturated rings. The average Bonchev–Trinajstić information content (AvgIpc) is 2.60. The predicted octanol–water partition coefficient (Wildman–Crippen LogP) is 4.67. The molecular weight excluding hydrogens is 435 g/mol. The van der Waals surface area contributed by atoms with Crippen LogP contribution < -0.4 is 9.47 Å². The number of nitrogens with zero attached hydrogens (tertiary/aromatic N) is 2. The predicted molar refractivity (Wildman–Crippen MR) is 103 cm³/mol. The number of nitro groups is 1. The summed E-state index contributed by atoms with van der Waals surface area (Å²) >= 11 is 2.13. The van der Waals surface area contributed by atoms with Crippen molar-refractivity contribution in [1.82, 2.24) is 0 Å². The maximum Gasteiger partial charge on any atom is 0.270 e. The first-order chi connectivity index (χ1) is 12.0. The zero-order chi connectivity index (χ0) is 18.4. The van der Waals surface area contributed by atoms with Crippen molar-refractivity contribution >= 4 is 39.9 Å². The third-order valence-corrected chi connectivity index (χ3v) is 4.14. The van der Waals surface area contributed by atoms with Crippen LogP contribution in [0.1, 0.15) is 18.1 Å². The normalized spacial score (nSPS) is 10.9. The van der Waals surface area contributed by atoms with Crippen molar-refractivity contribution in [2.24, 2.45) is 0 Å². The lowest BCUT2D eigenvalue weighted by atomic mass is 10.0. The summed E-state index contributed by atoms with van der Waals surface area (Å²) in [5, 5.41) is 20.4. The van der Waals surface area contributed by atoms with Gasteiger partial charge in [-0.05, 0) is 58.9 Å². The number of non-ortho nitro benzene ring substituents is 1. The second-order valence-corrected chi connectivity index (χ2v) is 6.11. The molecule has 0 atom stereocenters. The molecule has 0 aliphatic carbocycles. The standard InChI is InChI=1S/C18H15IN2O4/c1-3-25-17-9-12(8-16(19)18(17)24-2)7-14(11-20)13-5-4-6-15(10-13)21(22)23/h4-10H,3H2,1-2H3. The quantitative estimate of drug-likeness (QED) is 0.210. The number of methoxy groups -OCH3 is 1. The Kier molecular flexibility index (Phi) is 6.36. The highest BCUT2D eigenvalue weighted by molar-refractivity contribution is 14.1.